The zero-order valence-electron chi connectivity index (χ0n) is 23.1. The lowest BCUT2D eigenvalue weighted by atomic mass is 9.66. The van der Waals surface area contributed by atoms with Crippen LogP contribution < -0.4 is 0 Å². The van der Waals surface area contributed by atoms with Gasteiger partial charge in [-0.25, -0.2) is 0 Å². The maximum Gasteiger partial charge on any atom is 0.191 e. The molecular formula is C31H50O2Si. The predicted molar refractivity (Wildman–Crippen MR) is 149 cm³/mol. The molecule has 0 aliphatic heterocycles. The molecule has 0 aromatic heterocycles. The van der Waals surface area contributed by atoms with Crippen LogP contribution in [0.2, 0.25) is 18.1 Å². The summed E-state index contributed by atoms with van der Waals surface area (Å²) in [5, 5.41) is 0.264. The summed E-state index contributed by atoms with van der Waals surface area (Å²) in [6, 6.07) is 10.6. The van der Waals surface area contributed by atoms with Gasteiger partial charge in [-0.15, -0.1) is 0 Å². The zero-order chi connectivity index (χ0) is 25.0. The third kappa shape index (κ3) is 6.74. The fraction of sp³-hybridized carbons (Fsp3) is 0.677. The SMILES string of the molecule is C=C1CC[C@]2(C)CCC(CCC(CCCO[Si](C)(C)C(C)(C)C)OCc3ccccc3)=C(C)[C@H]12. The van der Waals surface area contributed by atoms with E-state index in [4.69, 9.17) is 9.16 Å². The average molecular weight is 483 g/mol. The first-order valence-corrected chi connectivity index (χ1v) is 16.5. The molecule has 2 aliphatic carbocycles. The third-order valence-corrected chi connectivity index (χ3v) is 13.7. The molecule has 2 nitrogen and oxygen atoms in total. The van der Waals surface area contributed by atoms with Gasteiger partial charge in [-0.3, -0.25) is 0 Å². The lowest BCUT2D eigenvalue weighted by Gasteiger charge is -2.39. The summed E-state index contributed by atoms with van der Waals surface area (Å²) in [7, 11) is -1.69. The van der Waals surface area contributed by atoms with E-state index in [0.717, 1.165) is 32.3 Å². The summed E-state index contributed by atoms with van der Waals surface area (Å²) in [6.45, 7) is 22.5. The van der Waals surface area contributed by atoms with Crippen molar-refractivity contribution >= 4 is 8.32 Å². The molecule has 1 fully saturated rings. The van der Waals surface area contributed by atoms with Gasteiger partial charge in [0.25, 0.3) is 0 Å². The summed E-state index contributed by atoms with van der Waals surface area (Å²) >= 11 is 0. The van der Waals surface area contributed by atoms with E-state index in [0.29, 0.717) is 17.9 Å². The fourth-order valence-corrected chi connectivity index (χ4v) is 6.86. The van der Waals surface area contributed by atoms with Crippen molar-refractivity contribution < 1.29 is 9.16 Å². The largest absolute Gasteiger partial charge is 0.417 e. The predicted octanol–water partition coefficient (Wildman–Crippen LogP) is 9.24. The molecule has 1 aromatic carbocycles. The van der Waals surface area contributed by atoms with Gasteiger partial charge in [-0.05, 0) is 87.4 Å². The van der Waals surface area contributed by atoms with Crippen LogP contribution in [0.4, 0.5) is 0 Å². The molecule has 3 atom stereocenters. The highest BCUT2D eigenvalue weighted by atomic mass is 28.4. The van der Waals surface area contributed by atoms with Gasteiger partial charge in [0.05, 0.1) is 12.7 Å². The Bertz CT molecular complexity index is 848. The molecule has 0 spiro atoms. The van der Waals surface area contributed by atoms with E-state index in [9.17, 15) is 0 Å². The number of allylic oxidation sites excluding steroid dienone is 3. The molecule has 1 saturated carbocycles. The molecule has 0 amide bonds. The van der Waals surface area contributed by atoms with Crippen molar-refractivity contribution in [3.8, 4) is 0 Å². The van der Waals surface area contributed by atoms with Gasteiger partial charge in [0, 0.05) is 12.5 Å². The van der Waals surface area contributed by atoms with Gasteiger partial charge < -0.3 is 9.16 Å². The van der Waals surface area contributed by atoms with Crippen LogP contribution in [-0.2, 0) is 15.8 Å². The van der Waals surface area contributed by atoms with Crippen molar-refractivity contribution in [2.75, 3.05) is 6.61 Å². The summed E-state index contributed by atoms with van der Waals surface area (Å²) in [5.74, 6) is 0.609. The van der Waals surface area contributed by atoms with Crippen LogP contribution in [-0.4, -0.2) is 21.0 Å². The van der Waals surface area contributed by atoms with E-state index >= 15 is 0 Å². The van der Waals surface area contributed by atoms with Gasteiger partial charge in [0.2, 0.25) is 0 Å². The Balaban J connectivity index is 1.59. The summed E-state index contributed by atoms with van der Waals surface area (Å²) in [5.41, 5.74) is 6.48. The Kier molecular flexibility index (Phi) is 9.09. The van der Waals surface area contributed by atoms with Crippen molar-refractivity contribution in [3.63, 3.8) is 0 Å². The second-order valence-electron chi connectivity index (χ2n) is 12.7. The first kappa shape index (κ1) is 27.4. The zero-order valence-corrected chi connectivity index (χ0v) is 24.1. The molecule has 1 aromatic rings. The summed E-state index contributed by atoms with van der Waals surface area (Å²) < 4.78 is 13.0. The highest BCUT2D eigenvalue weighted by molar-refractivity contribution is 6.74. The molecule has 3 rings (SSSR count). The molecule has 0 N–H and O–H groups in total. The van der Waals surface area contributed by atoms with Crippen molar-refractivity contribution in [1.82, 2.24) is 0 Å². The quantitative estimate of drug-likeness (QED) is 0.178. The fourth-order valence-electron chi connectivity index (χ4n) is 5.78. The minimum absolute atomic E-state index is 0.264. The van der Waals surface area contributed by atoms with Gasteiger partial charge in [-0.2, -0.15) is 0 Å². The van der Waals surface area contributed by atoms with Gasteiger partial charge in [-0.1, -0.05) is 81.3 Å². The Morgan fingerprint density at radius 3 is 2.44 bits per heavy atom. The Labute approximate surface area is 211 Å². The second-order valence-corrected chi connectivity index (χ2v) is 17.5. The minimum Gasteiger partial charge on any atom is -0.417 e. The van der Waals surface area contributed by atoms with Crippen molar-refractivity contribution in [2.45, 2.75) is 117 Å². The Morgan fingerprint density at radius 2 is 1.76 bits per heavy atom. The Hall–Kier alpha value is -1.16. The van der Waals surface area contributed by atoms with E-state index in [1.165, 1.54) is 36.8 Å². The molecular weight excluding hydrogens is 432 g/mol. The first-order chi connectivity index (χ1) is 15.9. The maximum atomic E-state index is 6.50. The smallest absolute Gasteiger partial charge is 0.191 e. The number of fused-ring (bicyclic) bond motifs is 1. The van der Waals surface area contributed by atoms with Crippen LogP contribution in [0.25, 0.3) is 0 Å². The van der Waals surface area contributed by atoms with Crippen LogP contribution in [0.15, 0.2) is 53.6 Å². The van der Waals surface area contributed by atoms with E-state index in [-0.39, 0.29) is 11.1 Å². The number of hydrogen-bond donors (Lipinski definition) is 0. The van der Waals surface area contributed by atoms with Crippen LogP contribution >= 0.6 is 0 Å². The normalized spacial score (nSPS) is 24.4. The highest BCUT2D eigenvalue weighted by Gasteiger charge is 2.44. The van der Waals surface area contributed by atoms with Crippen LogP contribution in [0.3, 0.4) is 0 Å². The lowest BCUT2D eigenvalue weighted by Crippen LogP contribution is -2.41. The van der Waals surface area contributed by atoms with Crippen LogP contribution in [0.5, 0.6) is 0 Å². The molecule has 34 heavy (non-hydrogen) atoms. The lowest BCUT2D eigenvalue weighted by molar-refractivity contribution is 0.0254. The number of benzene rings is 1. The Morgan fingerprint density at radius 1 is 1.09 bits per heavy atom. The molecule has 1 unspecified atom stereocenters. The highest BCUT2D eigenvalue weighted by Crippen LogP contribution is 2.56. The topological polar surface area (TPSA) is 18.5 Å². The summed E-state index contributed by atoms with van der Waals surface area (Å²) in [6.07, 6.45) is 9.79. The van der Waals surface area contributed by atoms with Crippen molar-refractivity contribution in [2.24, 2.45) is 11.3 Å². The average Bonchev–Trinajstić information content (AvgIpc) is 3.09. The monoisotopic (exact) mass is 482 g/mol. The van der Waals surface area contributed by atoms with E-state index in [1.807, 2.05) is 0 Å². The van der Waals surface area contributed by atoms with Gasteiger partial charge >= 0.3 is 0 Å². The van der Waals surface area contributed by atoms with E-state index in [1.54, 1.807) is 11.1 Å². The molecule has 190 valence electrons. The first-order valence-electron chi connectivity index (χ1n) is 13.6. The van der Waals surface area contributed by atoms with Crippen LogP contribution in [0, 0.1) is 11.3 Å². The molecule has 2 aliphatic rings. The molecule has 0 radical (unpaired) electrons. The summed E-state index contributed by atoms with van der Waals surface area (Å²) in [4.78, 5) is 0. The van der Waals surface area contributed by atoms with E-state index in [2.05, 4.69) is 84.6 Å². The van der Waals surface area contributed by atoms with Gasteiger partial charge in [0.15, 0.2) is 8.32 Å². The third-order valence-electron chi connectivity index (χ3n) is 9.15. The number of hydrogen-bond acceptors (Lipinski definition) is 2. The standard InChI is InChI=1S/C31H50O2Si/c1-24-18-20-31(6)21-19-27(25(2)29(24)31)16-17-28(32-23-26-13-10-9-11-14-26)15-12-22-33-34(7,8)30(3,4)5/h9-11,13-14,28-29H,1,12,15-23H2,2-8H3/t28?,29-,31+/m0/s1. The molecule has 0 saturated heterocycles. The number of ether oxygens (including phenoxy) is 1. The molecule has 3 heteroatoms. The van der Waals surface area contributed by atoms with Gasteiger partial charge in [0.1, 0.15) is 0 Å². The van der Waals surface area contributed by atoms with Crippen LogP contribution in [0.1, 0.15) is 91.5 Å². The van der Waals surface area contributed by atoms with E-state index < -0.39 is 8.32 Å². The molecule has 0 bridgehead atoms. The second kappa shape index (κ2) is 11.3. The maximum absolute atomic E-state index is 6.50. The number of rotatable bonds is 11. The van der Waals surface area contributed by atoms with Crippen molar-refractivity contribution in [1.29, 1.82) is 0 Å². The van der Waals surface area contributed by atoms with Crippen molar-refractivity contribution in [3.05, 3.63) is 59.2 Å². The molecule has 0 heterocycles. The minimum atomic E-state index is -1.69.